The summed E-state index contributed by atoms with van der Waals surface area (Å²) in [6.45, 7) is 7.51. The van der Waals surface area contributed by atoms with Gasteiger partial charge >= 0.3 is 0 Å². The monoisotopic (exact) mass is 250 g/mol. The second kappa shape index (κ2) is 5.16. The summed E-state index contributed by atoms with van der Waals surface area (Å²) in [6.07, 6.45) is 0. The summed E-state index contributed by atoms with van der Waals surface area (Å²) in [5, 5.41) is 13.4. The SMILES string of the molecule is C[C@H](C(=O)NC(C)(C)C)c1ccc([N+](=O)[O-])cc1. The molecule has 1 N–H and O–H groups in total. The lowest BCUT2D eigenvalue weighted by atomic mass is 9.98. The summed E-state index contributed by atoms with van der Waals surface area (Å²) in [6, 6.07) is 6.06. The van der Waals surface area contributed by atoms with Gasteiger partial charge in [-0.05, 0) is 33.3 Å². The molecule has 0 aliphatic heterocycles. The topological polar surface area (TPSA) is 72.2 Å². The Morgan fingerprint density at radius 3 is 2.17 bits per heavy atom. The number of nitro groups is 1. The molecular weight excluding hydrogens is 232 g/mol. The van der Waals surface area contributed by atoms with Crippen LogP contribution in [0, 0.1) is 10.1 Å². The summed E-state index contributed by atoms with van der Waals surface area (Å²) in [4.78, 5) is 22.0. The number of carbonyl (C=O) groups is 1. The number of amides is 1. The van der Waals surface area contributed by atoms with Crippen molar-refractivity contribution in [3.8, 4) is 0 Å². The smallest absolute Gasteiger partial charge is 0.269 e. The summed E-state index contributed by atoms with van der Waals surface area (Å²) < 4.78 is 0. The fraction of sp³-hybridized carbons (Fsp3) is 0.462. The average Bonchev–Trinajstić information content (AvgIpc) is 2.26. The van der Waals surface area contributed by atoms with Gasteiger partial charge in [-0.1, -0.05) is 12.1 Å². The highest BCUT2D eigenvalue weighted by Gasteiger charge is 2.20. The molecule has 5 heteroatoms. The Kier molecular flexibility index (Phi) is 4.06. The van der Waals surface area contributed by atoms with Gasteiger partial charge in [0.25, 0.3) is 5.69 Å². The second-order valence-corrected chi connectivity index (χ2v) is 5.31. The molecule has 0 saturated carbocycles. The van der Waals surface area contributed by atoms with E-state index < -0.39 is 4.92 Å². The quantitative estimate of drug-likeness (QED) is 0.662. The van der Waals surface area contributed by atoms with Crippen LogP contribution in [0.3, 0.4) is 0 Å². The zero-order chi connectivity index (χ0) is 13.9. The van der Waals surface area contributed by atoms with Crippen LogP contribution < -0.4 is 5.32 Å². The number of carbonyl (C=O) groups excluding carboxylic acids is 1. The fourth-order valence-electron chi connectivity index (χ4n) is 1.51. The van der Waals surface area contributed by atoms with Crippen LogP contribution in [0.15, 0.2) is 24.3 Å². The van der Waals surface area contributed by atoms with Crippen molar-refractivity contribution < 1.29 is 9.72 Å². The molecule has 0 heterocycles. The number of hydrogen-bond acceptors (Lipinski definition) is 3. The number of nitro benzene ring substituents is 1. The number of benzene rings is 1. The predicted octanol–water partition coefficient (Wildman–Crippen LogP) is 2.61. The number of rotatable bonds is 3. The molecule has 98 valence electrons. The lowest BCUT2D eigenvalue weighted by Gasteiger charge is -2.23. The molecule has 0 radical (unpaired) electrons. The molecule has 0 saturated heterocycles. The maximum absolute atomic E-state index is 11.9. The third-order valence-corrected chi connectivity index (χ3v) is 2.50. The van der Waals surface area contributed by atoms with Gasteiger partial charge in [0.1, 0.15) is 0 Å². The van der Waals surface area contributed by atoms with Gasteiger partial charge in [-0.15, -0.1) is 0 Å². The second-order valence-electron chi connectivity index (χ2n) is 5.31. The summed E-state index contributed by atoms with van der Waals surface area (Å²) in [5.74, 6) is -0.415. The van der Waals surface area contributed by atoms with E-state index in [4.69, 9.17) is 0 Å². The van der Waals surface area contributed by atoms with E-state index in [1.165, 1.54) is 12.1 Å². The Morgan fingerprint density at radius 1 is 1.28 bits per heavy atom. The highest BCUT2D eigenvalue weighted by Crippen LogP contribution is 2.20. The van der Waals surface area contributed by atoms with Crippen molar-refractivity contribution in [1.82, 2.24) is 5.32 Å². The highest BCUT2D eigenvalue weighted by atomic mass is 16.6. The summed E-state index contributed by atoms with van der Waals surface area (Å²) >= 11 is 0. The van der Waals surface area contributed by atoms with Crippen molar-refractivity contribution in [2.75, 3.05) is 0 Å². The fourth-order valence-corrected chi connectivity index (χ4v) is 1.51. The van der Waals surface area contributed by atoms with Crippen molar-refractivity contribution in [3.63, 3.8) is 0 Å². The largest absolute Gasteiger partial charge is 0.351 e. The molecule has 1 aromatic carbocycles. The Morgan fingerprint density at radius 2 is 1.78 bits per heavy atom. The van der Waals surface area contributed by atoms with E-state index in [-0.39, 0.29) is 23.1 Å². The Bertz CT molecular complexity index is 446. The Hall–Kier alpha value is -1.91. The van der Waals surface area contributed by atoms with E-state index in [0.29, 0.717) is 0 Å². The molecule has 1 atom stereocenters. The normalized spacial score (nSPS) is 12.9. The third-order valence-electron chi connectivity index (χ3n) is 2.50. The third kappa shape index (κ3) is 3.84. The number of nitrogens with zero attached hydrogens (tertiary/aromatic N) is 1. The number of non-ortho nitro benzene ring substituents is 1. The Balaban J connectivity index is 2.81. The first-order valence-corrected chi connectivity index (χ1v) is 5.77. The van der Waals surface area contributed by atoms with E-state index in [0.717, 1.165) is 5.56 Å². The molecule has 1 aromatic rings. The minimum atomic E-state index is -0.455. The van der Waals surface area contributed by atoms with Gasteiger partial charge in [0, 0.05) is 17.7 Å². The van der Waals surface area contributed by atoms with Crippen LogP contribution >= 0.6 is 0 Å². The van der Waals surface area contributed by atoms with Crippen LogP contribution in [0.1, 0.15) is 39.2 Å². The molecule has 0 bridgehead atoms. The van der Waals surface area contributed by atoms with Crippen molar-refractivity contribution in [2.24, 2.45) is 0 Å². The lowest BCUT2D eigenvalue weighted by molar-refractivity contribution is -0.384. The van der Waals surface area contributed by atoms with E-state index >= 15 is 0 Å². The molecular formula is C13H18N2O3. The van der Waals surface area contributed by atoms with E-state index in [9.17, 15) is 14.9 Å². The van der Waals surface area contributed by atoms with Gasteiger partial charge in [-0.3, -0.25) is 14.9 Å². The zero-order valence-electron chi connectivity index (χ0n) is 11.1. The van der Waals surface area contributed by atoms with E-state index in [1.54, 1.807) is 19.1 Å². The van der Waals surface area contributed by atoms with Crippen LogP contribution in [0.2, 0.25) is 0 Å². The van der Waals surface area contributed by atoms with Crippen LogP contribution in [0.25, 0.3) is 0 Å². The van der Waals surface area contributed by atoms with Crippen LogP contribution in [0.4, 0.5) is 5.69 Å². The molecule has 5 nitrogen and oxygen atoms in total. The molecule has 0 unspecified atom stereocenters. The van der Waals surface area contributed by atoms with Gasteiger partial charge in [0.05, 0.1) is 10.8 Å². The van der Waals surface area contributed by atoms with Crippen LogP contribution in [0.5, 0.6) is 0 Å². The Labute approximate surface area is 106 Å². The minimum Gasteiger partial charge on any atom is -0.351 e. The first-order valence-electron chi connectivity index (χ1n) is 5.77. The first-order chi connectivity index (χ1) is 8.20. The van der Waals surface area contributed by atoms with Crippen molar-refractivity contribution in [1.29, 1.82) is 0 Å². The van der Waals surface area contributed by atoms with Crippen molar-refractivity contribution in [3.05, 3.63) is 39.9 Å². The molecule has 0 aliphatic rings. The van der Waals surface area contributed by atoms with Crippen LogP contribution in [-0.2, 0) is 4.79 Å². The van der Waals surface area contributed by atoms with Gasteiger partial charge in [-0.25, -0.2) is 0 Å². The van der Waals surface area contributed by atoms with E-state index in [1.807, 2.05) is 20.8 Å². The number of hydrogen-bond donors (Lipinski definition) is 1. The highest BCUT2D eigenvalue weighted by molar-refractivity contribution is 5.83. The van der Waals surface area contributed by atoms with Gasteiger partial charge in [0.2, 0.25) is 5.91 Å². The molecule has 0 spiro atoms. The van der Waals surface area contributed by atoms with Crippen LogP contribution in [-0.4, -0.2) is 16.4 Å². The van der Waals surface area contributed by atoms with E-state index in [2.05, 4.69) is 5.32 Å². The maximum atomic E-state index is 11.9. The molecule has 1 amide bonds. The predicted molar refractivity (Wildman–Crippen MR) is 69.4 cm³/mol. The van der Waals surface area contributed by atoms with Gasteiger partial charge in [0.15, 0.2) is 0 Å². The lowest BCUT2D eigenvalue weighted by Crippen LogP contribution is -2.42. The van der Waals surface area contributed by atoms with Crippen molar-refractivity contribution in [2.45, 2.75) is 39.2 Å². The average molecular weight is 250 g/mol. The molecule has 18 heavy (non-hydrogen) atoms. The minimum absolute atomic E-state index is 0.0298. The summed E-state index contributed by atoms with van der Waals surface area (Å²) in [7, 11) is 0. The van der Waals surface area contributed by atoms with Gasteiger partial charge < -0.3 is 5.32 Å². The van der Waals surface area contributed by atoms with Gasteiger partial charge in [-0.2, -0.15) is 0 Å². The molecule has 0 aliphatic carbocycles. The molecule has 1 rings (SSSR count). The zero-order valence-corrected chi connectivity index (χ0v) is 11.1. The summed E-state index contributed by atoms with van der Waals surface area (Å²) in [5.41, 5.74) is 0.510. The molecule has 0 aromatic heterocycles. The molecule has 0 fully saturated rings. The van der Waals surface area contributed by atoms with Crippen molar-refractivity contribution >= 4 is 11.6 Å². The first kappa shape index (κ1) is 14.2. The standard InChI is InChI=1S/C13H18N2O3/c1-9(12(16)14-13(2,3)4)10-5-7-11(8-6-10)15(17)18/h5-9H,1-4H3,(H,14,16)/t9-/m0/s1. The maximum Gasteiger partial charge on any atom is 0.269 e. The number of nitrogens with one attached hydrogen (secondary N) is 1.